The van der Waals surface area contributed by atoms with E-state index in [1.807, 2.05) is 26.0 Å². The second kappa shape index (κ2) is 80.6. The molecule has 6 aromatic carbocycles. The number of carbonyl (C=O) groups excluding carboxylic acids is 12. The summed E-state index contributed by atoms with van der Waals surface area (Å²) in [6.45, 7) is 34.1. The topological polar surface area (TPSA) is 371 Å². The summed E-state index contributed by atoms with van der Waals surface area (Å²) >= 11 is 0. The molecule has 0 bridgehead atoms. The van der Waals surface area contributed by atoms with Crippen LogP contribution in [0.3, 0.4) is 0 Å². The maximum Gasteiger partial charge on any atom is 0.343 e. The molecule has 148 heavy (non-hydrogen) atoms. The average Bonchev–Trinajstić information content (AvgIpc) is 0.910. The zero-order valence-corrected chi connectivity index (χ0v) is 87.6. The van der Waals surface area contributed by atoms with E-state index in [4.69, 9.17) is 85.3 Å². The van der Waals surface area contributed by atoms with Crippen molar-refractivity contribution in [1.82, 2.24) is 0 Å². The Kier molecular flexibility index (Phi) is 69.1. The van der Waals surface area contributed by atoms with Crippen molar-refractivity contribution in [3.8, 4) is 34.5 Å². The van der Waals surface area contributed by atoms with Crippen LogP contribution in [0.2, 0.25) is 0 Å². The molecule has 0 aliphatic carbocycles. The van der Waals surface area contributed by atoms with E-state index in [1.54, 1.807) is 133 Å². The van der Waals surface area contributed by atoms with Crippen LogP contribution in [-0.2, 0) is 108 Å². The first-order valence-electron chi connectivity index (χ1n) is 52.0. The molecule has 0 N–H and O–H groups in total. The molecule has 6 rings (SSSR count). The average molecular weight is 2060 g/mol. The van der Waals surface area contributed by atoms with Crippen molar-refractivity contribution in [1.29, 1.82) is 0 Å². The molecule has 0 spiro atoms. The summed E-state index contributed by atoms with van der Waals surface area (Å²) in [6, 6.07) is 40.7. The summed E-state index contributed by atoms with van der Waals surface area (Å²) in [6.07, 6.45) is 37.5. The van der Waals surface area contributed by atoms with Crippen LogP contribution in [0.4, 0.5) is 0 Å². The molecule has 0 fully saturated rings. The molecule has 0 saturated heterocycles. The van der Waals surface area contributed by atoms with Gasteiger partial charge in [0.15, 0.2) is 0 Å². The van der Waals surface area contributed by atoms with Gasteiger partial charge in [-0.1, -0.05) is 181 Å². The minimum absolute atomic E-state index is 0.0567. The fraction of sp³-hybridized carbons (Fsp3) is 0.492. The van der Waals surface area contributed by atoms with E-state index in [9.17, 15) is 57.5 Å². The first-order valence-corrected chi connectivity index (χ1v) is 52.0. The Hall–Kier alpha value is -13.5. The maximum absolute atomic E-state index is 12.7. The molecular formula is C118H158O30. The van der Waals surface area contributed by atoms with Crippen LogP contribution in [-0.4, -0.2) is 191 Å². The molecule has 6 aromatic rings. The smallest absolute Gasteiger partial charge is 0.343 e. The number of esters is 12. The van der Waals surface area contributed by atoms with Crippen LogP contribution in [0.15, 0.2) is 222 Å². The molecule has 30 heteroatoms. The van der Waals surface area contributed by atoms with Crippen LogP contribution >= 0.6 is 0 Å². The summed E-state index contributed by atoms with van der Waals surface area (Å²) in [7, 11) is 0. The van der Waals surface area contributed by atoms with Crippen LogP contribution in [0.25, 0.3) is 0 Å². The number of rotatable bonds is 81. The third-order valence-electron chi connectivity index (χ3n) is 23.3. The molecule has 810 valence electrons. The van der Waals surface area contributed by atoms with Gasteiger partial charge in [0.25, 0.3) is 0 Å². The van der Waals surface area contributed by atoms with Gasteiger partial charge in [-0.25, -0.2) is 47.9 Å². The monoisotopic (exact) mass is 2060 g/mol. The molecule has 2 unspecified atom stereocenters. The van der Waals surface area contributed by atoms with Gasteiger partial charge in [0.1, 0.15) is 60.9 Å². The highest BCUT2D eigenvalue weighted by atomic mass is 16.6. The van der Waals surface area contributed by atoms with Gasteiger partial charge in [0.05, 0.1) is 112 Å². The third-order valence-corrected chi connectivity index (χ3v) is 23.3. The lowest BCUT2D eigenvalue weighted by Crippen LogP contribution is -2.38. The lowest BCUT2D eigenvalue weighted by Gasteiger charge is -2.31. The highest BCUT2D eigenvalue weighted by Gasteiger charge is 2.35. The van der Waals surface area contributed by atoms with E-state index < -0.39 is 70.5 Å². The SMILES string of the molecule is C=CC(=O)OCC(CC)(COCCCCCCCCCC)COC(=O)CCCCC(=O)OCC(CC)(COCCCCCCCCCC)COC(=O)C=C.C=CC(=O)OCCCCCCOc1ccc(C(=O)OCCc2ccc(OC(=O)c3ccc(OCCCCCCOC(=O)C=C)cc3)cc2)cc1.C=CC(=O)OCCCOc1ccc(C(=O)OCCc2ccc(OC(=O)c3ccc(OCCCOC(=O)C=C)cc3)cc2)cc1. The Balaban J connectivity index is 0.000000464. The lowest BCUT2D eigenvalue weighted by molar-refractivity contribution is -0.158. The Bertz CT molecular complexity index is 4760. The number of carbonyl (C=O) groups is 12. The van der Waals surface area contributed by atoms with Crippen molar-refractivity contribution in [3.05, 3.63) is 255 Å². The van der Waals surface area contributed by atoms with Gasteiger partial charge in [-0.05, 0) is 222 Å². The second-order valence-corrected chi connectivity index (χ2v) is 35.3. The zero-order chi connectivity index (χ0) is 108. The van der Waals surface area contributed by atoms with Gasteiger partial charge in [0, 0.05) is 88.2 Å². The summed E-state index contributed by atoms with van der Waals surface area (Å²) in [4.78, 5) is 143. The van der Waals surface area contributed by atoms with Crippen LogP contribution in [0.5, 0.6) is 34.5 Å². The summed E-state index contributed by atoms with van der Waals surface area (Å²) in [5, 5.41) is 0. The standard InChI is InChI=1S/C44H78O10.C40H46O10.C34H34O10/c1-7-13-15-17-19-21-23-27-31-49-33-43(11-5,35-51-39(45)9-3)37-53-41(47)29-25-26-30-42(48)54-38-44(12-6,36-52-40(46)10-4)34-50-32-28-24-22-20-18-16-14-8-2;1-3-37(41)47-28-11-7-5-9-26-45-34-21-15-32(16-22-34)39(43)49-30-25-31-13-19-36(20-14-31)50-40(44)33-17-23-35(24-18-33)46-27-10-6-8-12-29-48-38(42)4-2;1-3-31(35)41-22-5-20-39-28-15-9-26(10-16-28)33(37)43-24-19-25-7-13-30(14-8-25)44-34(38)27-11-17-29(18-12-27)40-21-6-23-42-32(36)4-2/h9-10H,3-4,7-8,11-38H2,1-2,5-6H3;3-4,13-24H,1-2,5-12,25-30H2;3-4,7-18H,1-2,5-6,19-24H2. The van der Waals surface area contributed by atoms with Crippen LogP contribution < -0.4 is 28.4 Å². The van der Waals surface area contributed by atoms with Gasteiger partial charge in [-0.2, -0.15) is 0 Å². The van der Waals surface area contributed by atoms with E-state index >= 15 is 0 Å². The number of benzene rings is 6. The fourth-order valence-corrected chi connectivity index (χ4v) is 14.0. The number of unbranched alkanes of at least 4 members (excludes halogenated alkanes) is 21. The quantitative estimate of drug-likeness (QED) is 0.0112. The highest BCUT2D eigenvalue weighted by Crippen LogP contribution is 2.29. The number of hydrogen-bond acceptors (Lipinski definition) is 30. The molecule has 0 radical (unpaired) electrons. The lowest BCUT2D eigenvalue weighted by atomic mass is 9.88. The molecule has 0 aromatic heterocycles. The summed E-state index contributed by atoms with van der Waals surface area (Å²) in [5.41, 5.74) is 2.09. The second-order valence-electron chi connectivity index (χ2n) is 35.3. The Morgan fingerprint density at radius 1 is 0.223 bits per heavy atom. The molecule has 0 amide bonds. The highest BCUT2D eigenvalue weighted by molar-refractivity contribution is 5.93. The Morgan fingerprint density at radius 2 is 0.459 bits per heavy atom. The first-order chi connectivity index (χ1) is 71.9. The predicted octanol–water partition coefficient (Wildman–Crippen LogP) is 23.1. The van der Waals surface area contributed by atoms with Crippen molar-refractivity contribution in [2.24, 2.45) is 10.8 Å². The Morgan fingerprint density at radius 3 is 0.743 bits per heavy atom. The first kappa shape index (κ1) is 127. The molecule has 2 atom stereocenters. The van der Waals surface area contributed by atoms with E-state index in [1.165, 1.54) is 77.0 Å². The minimum Gasteiger partial charge on any atom is -0.494 e. The van der Waals surface area contributed by atoms with Crippen molar-refractivity contribution in [2.75, 3.05) is 119 Å². The van der Waals surface area contributed by atoms with Gasteiger partial charge < -0.3 is 85.3 Å². The van der Waals surface area contributed by atoms with Gasteiger partial charge in [-0.3, -0.25) is 9.59 Å². The van der Waals surface area contributed by atoms with Crippen LogP contribution in [0.1, 0.15) is 286 Å². The number of hydrogen-bond donors (Lipinski definition) is 0. The molecule has 0 aliphatic rings. The summed E-state index contributed by atoms with van der Waals surface area (Å²) in [5.74, 6) is -2.17. The molecule has 0 heterocycles. The zero-order valence-electron chi connectivity index (χ0n) is 87.6. The maximum atomic E-state index is 12.7. The molecule has 30 nitrogen and oxygen atoms in total. The predicted molar refractivity (Wildman–Crippen MR) is 564 cm³/mol. The molecular weight excluding hydrogens is 1900 g/mol. The van der Waals surface area contributed by atoms with Crippen molar-refractivity contribution in [3.63, 3.8) is 0 Å². The van der Waals surface area contributed by atoms with Crippen LogP contribution in [0, 0.1) is 10.8 Å². The van der Waals surface area contributed by atoms with E-state index in [0.717, 1.165) is 125 Å². The van der Waals surface area contributed by atoms with Gasteiger partial charge in [0.2, 0.25) is 0 Å². The van der Waals surface area contributed by atoms with Crippen molar-refractivity contribution < 1.29 is 143 Å². The normalized spacial score (nSPS) is 11.4. The fourth-order valence-electron chi connectivity index (χ4n) is 14.0. The van der Waals surface area contributed by atoms with E-state index in [-0.39, 0.29) is 77.6 Å². The minimum atomic E-state index is -0.665. The Labute approximate surface area is 874 Å². The van der Waals surface area contributed by atoms with E-state index in [2.05, 4.69) is 53.3 Å². The largest absolute Gasteiger partial charge is 0.494 e. The van der Waals surface area contributed by atoms with E-state index in [0.29, 0.717) is 174 Å². The van der Waals surface area contributed by atoms with Gasteiger partial charge >= 0.3 is 71.6 Å². The van der Waals surface area contributed by atoms with Gasteiger partial charge in [-0.15, -0.1) is 0 Å². The summed E-state index contributed by atoms with van der Waals surface area (Å²) < 4.78 is 98.1. The molecule has 0 saturated carbocycles. The third kappa shape index (κ3) is 60.0. The molecule has 0 aliphatic heterocycles. The van der Waals surface area contributed by atoms with Crippen molar-refractivity contribution >= 4 is 71.6 Å². The number of ether oxygens (including phenoxy) is 18. The van der Waals surface area contributed by atoms with Crippen molar-refractivity contribution in [2.45, 2.75) is 246 Å².